The summed E-state index contributed by atoms with van der Waals surface area (Å²) in [6.45, 7) is 5.09. The van der Waals surface area contributed by atoms with Crippen molar-refractivity contribution in [2.45, 2.75) is 38.8 Å². The van der Waals surface area contributed by atoms with E-state index in [-0.39, 0.29) is 18.8 Å². The Hall–Kier alpha value is -1.46. The van der Waals surface area contributed by atoms with Gasteiger partial charge >= 0.3 is 6.09 Å². The molecule has 1 rings (SSSR count). The number of hydrogen-bond acceptors (Lipinski definition) is 4. The van der Waals surface area contributed by atoms with E-state index in [1.54, 1.807) is 32.9 Å². The topological polar surface area (TPSA) is 78.8 Å². The molecule has 0 saturated carbocycles. The highest BCUT2D eigenvalue weighted by atomic mass is 35.5. The molecule has 0 bridgehead atoms. The van der Waals surface area contributed by atoms with Crippen LogP contribution in [0.3, 0.4) is 0 Å². The molecule has 0 saturated heterocycles. The van der Waals surface area contributed by atoms with E-state index in [0.717, 1.165) is 0 Å². The van der Waals surface area contributed by atoms with Crippen LogP contribution in [0.1, 0.15) is 38.8 Å². The van der Waals surface area contributed by atoms with Gasteiger partial charge in [-0.05, 0) is 39.3 Å². The van der Waals surface area contributed by atoms with Gasteiger partial charge in [-0.2, -0.15) is 0 Å². The van der Waals surface area contributed by atoms with Crippen LogP contribution in [0.4, 0.5) is 4.79 Å². The Kier molecular flexibility index (Phi) is 5.65. The third-order valence-electron chi connectivity index (χ3n) is 2.49. The maximum absolute atomic E-state index is 11.8. The number of amides is 1. The van der Waals surface area contributed by atoms with Crippen LogP contribution >= 0.6 is 11.6 Å². The standard InChI is InChI=1S/C14H20ClNO4/c1-14(2,3)20-13(19)16-10(7-8-17)12-9(15)5-4-6-11(12)18/h4-6,10,17-18H,7-8H2,1-3H3,(H,16,19). The van der Waals surface area contributed by atoms with E-state index in [1.807, 2.05) is 0 Å². The Balaban J connectivity index is 2.92. The first-order chi connectivity index (χ1) is 9.24. The van der Waals surface area contributed by atoms with Crippen molar-refractivity contribution in [3.05, 3.63) is 28.8 Å². The second-order valence-corrected chi connectivity index (χ2v) is 5.79. The van der Waals surface area contributed by atoms with Gasteiger partial charge in [0.25, 0.3) is 0 Å². The highest BCUT2D eigenvalue weighted by Gasteiger charge is 2.23. The van der Waals surface area contributed by atoms with Gasteiger partial charge in [0, 0.05) is 17.2 Å². The molecular weight excluding hydrogens is 282 g/mol. The molecular formula is C14H20ClNO4. The second kappa shape index (κ2) is 6.81. The van der Waals surface area contributed by atoms with E-state index in [0.29, 0.717) is 10.6 Å². The lowest BCUT2D eigenvalue weighted by atomic mass is 10.0. The summed E-state index contributed by atoms with van der Waals surface area (Å²) in [4.78, 5) is 11.8. The zero-order valence-electron chi connectivity index (χ0n) is 11.8. The number of alkyl carbamates (subject to hydrolysis) is 1. The average molecular weight is 302 g/mol. The number of carbonyl (C=O) groups excluding carboxylic acids is 1. The van der Waals surface area contributed by atoms with E-state index < -0.39 is 17.7 Å². The van der Waals surface area contributed by atoms with Crippen molar-refractivity contribution in [3.8, 4) is 5.75 Å². The predicted octanol–water partition coefficient (Wildman–Crippen LogP) is 2.99. The summed E-state index contributed by atoms with van der Waals surface area (Å²) in [5.74, 6) is -0.0352. The normalized spacial score (nSPS) is 12.8. The lowest BCUT2D eigenvalue weighted by molar-refractivity contribution is 0.0496. The van der Waals surface area contributed by atoms with Crippen molar-refractivity contribution < 1.29 is 19.7 Å². The third-order valence-corrected chi connectivity index (χ3v) is 2.82. The summed E-state index contributed by atoms with van der Waals surface area (Å²) in [6, 6.07) is 4.06. The minimum atomic E-state index is -0.629. The number of nitrogens with one attached hydrogen (secondary N) is 1. The summed E-state index contributed by atoms with van der Waals surface area (Å²) in [7, 11) is 0. The lowest BCUT2D eigenvalue weighted by Gasteiger charge is -2.24. The van der Waals surface area contributed by atoms with Crippen LogP contribution in [-0.2, 0) is 4.74 Å². The van der Waals surface area contributed by atoms with E-state index in [4.69, 9.17) is 21.4 Å². The first kappa shape index (κ1) is 16.6. The molecule has 5 nitrogen and oxygen atoms in total. The van der Waals surface area contributed by atoms with Crippen molar-refractivity contribution in [3.63, 3.8) is 0 Å². The Morgan fingerprint density at radius 3 is 2.60 bits per heavy atom. The van der Waals surface area contributed by atoms with E-state index in [9.17, 15) is 9.90 Å². The smallest absolute Gasteiger partial charge is 0.408 e. The number of phenols is 1. The molecule has 0 spiro atoms. The number of aliphatic hydroxyl groups excluding tert-OH is 1. The number of carbonyl (C=O) groups is 1. The molecule has 1 aromatic rings. The fourth-order valence-corrected chi connectivity index (χ4v) is 2.04. The van der Waals surface area contributed by atoms with Crippen LogP contribution < -0.4 is 5.32 Å². The van der Waals surface area contributed by atoms with Crippen molar-refractivity contribution >= 4 is 17.7 Å². The SMILES string of the molecule is CC(C)(C)OC(=O)NC(CCO)c1c(O)cccc1Cl. The van der Waals surface area contributed by atoms with E-state index in [1.165, 1.54) is 6.07 Å². The molecule has 20 heavy (non-hydrogen) atoms. The molecule has 6 heteroatoms. The fourth-order valence-electron chi connectivity index (χ4n) is 1.74. The molecule has 0 radical (unpaired) electrons. The van der Waals surface area contributed by atoms with Crippen LogP contribution in [0.15, 0.2) is 18.2 Å². The molecule has 0 aliphatic carbocycles. The van der Waals surface area contributed by atoms with E-state index >= 15 is 0 Å². The quantitative estimate of drug-likeness (QED) is 0.799. The number of aromatic hydroxyl groups is 1. The first-order valence-electron chi connectivity index (χ1n) is 6.32. The second-order valence-electron chi connectivity index (χ2n) is 5.38. The van der Waals surface area contributed by atoms with Gasteiger partial charge < -0.3 is 20.3 Å². The van der Waals surface area contributed by atoms with Crippen LogP contribution in [0.2, 0.25) is 5.02 Å². The predicted molar refractivity (Wildman–Crippen MR) is 76.9 cm³/mol. The van der Waals surface area contributed by atoms with Crippen molar-refractivity contribution in [2.75, 3.05) is 6.61 Å². The first-order valence-corrected chi connectivity index (χ1v) is 6.70. The lowest BCUT2D eigenvalue weighted by Crippen LogP contribution is -2.35. The Labute approximate surface area is 123 Å². The summed E-state index contributed by atoms with van der Waals surface area (Å²) < 4.78 is 5.16. The number of rotatable bonds is 4. The van der Waals surface area contributed by atoms with Gasteiger partial charge in [-0.25, -0.2) is 4.79 Å². The monoisotopic (exact) mass is 301 g/mol. The molecule has 3 N–H and O–H groups in total. The molecule has 0 aliphatic rings. The number of ether oxygens (including phenoxy) is 1. The summed E-state index contributed by atoms with van der Waals surface area (Å²) in [6.07, 6.45) is -0.411. The number of halogens is 1. The van der Waals surface area contributed by atoms with Gasteiger partial charge in [0.2, 0.25) is 0 Å². The molecule has 0 aliphatic heterocycles. The Morgan fingerprint density at radius 1 is 1.45 bits per heavy atom. The highest BCUT2D eigenvalue weighted by Crippen LogP contribution is 2.33. The molecule has 0 fully saturated rings. The zero-order valence-corrected chi connectivity index (χ0v) is 12.6. The fraction of sp³-hybridized carbons (Fsp3) is 0.500. The highest BCUT2D eigenvalue weighted by molar-refractivity contribution is 6.31. The third kappa shape index (κ3) is 4.90. The van der Waals surface area contributed by atoms with Gasteiger partial charge in [-0.3, -0.25) is 0 Å². The Bertz CT molecular complexity index is 450. The van der Waals surface area contributed by atoms with Crippen LogP contribution in [-0.4, -0.2) is 28.5 Å². The minimum Gasteiger partial charge on any atom is -0.508 e. The van der Waals surface area contributed by atoms with Crippen LogP contribution in [0, 0.1) is 0 Å². The van der Waals surface area contributed by atoms with Crippen LogP contribution in [0.5, 0.6) is 5.75 Å². The number of phenolic OH excluding ortho intramolecular Hbond substituents is 1. The van der Waals surface area contributed by atoms with Gasteiger partial charge in [0.15, 0.2) is 0 Å². The van der Waals surface area contributed by atoms with Gasteiger partial charge in [-0.15, -0.1) is 0 Å². The molecule has 1 atom stereocenters. The van der Waals surface area contributed by atoms with E-state index in [2.05, 4.69) is 5.32 Å². The summed E-state index contributed by atoms with van der Waals surface area (Å²) in [5.41, 5.74) is -0.259. The number of aliphatic hydroxyl groups is 1. The van der Waals surface area contributed by atoms with Crippen molar-refractivity contribution in [2.24, 2.45) is 0 Å². The Morgan fingerprint density at radius 2 is 2.10 bits per heavy atom. The zero-order chi connectivity index (χ0) is 15.3. The summed E-state index contributed by atoms with van der Waals surface area (Å²) in [5, 5.41) is 21.9. The van der Waals surface area contributed by atoms with Gasteiger partial charge in [0.1, 0.15) is 11.4 Å². The van der Waals surface area contributed by atoms with Crippen molar-refractivity contribution in [1.82, 2.24) is 5.32 Å². The molecule has 0 aromatic heterocycles. The molecule has 1 aromatic carbocycles. The number of benzene rings is 1. The maximum atomic E-state index is 11.8. The minimum absolute atomic E-state index is 0.0352. The largest absolute Gasteiger partial charge is 0.508 e. The van der Waals surface area contributed by atoms with Gasteiger partial charge in [0.05, 0.1) is 6.04 Å². The molecule has 1 amide bonds. The van der Waals surface area contributed by atoms with Crippen molar-refractivity contribution in [1.29, 1.82) is 0 Å². The van der Waals surface area contributed by atoms with Crippen LogP contribution in [0.25, 0.3) is 0 Å². The molecule has 112 valence electrons. The maximum Gasteiger partial charge on any atom is 0.408 e. The van der Waals surface area contributed by atoms with Gasteiger partial charge in [-0.1, -0.05) is 17.7 Å². The molecule has 0 heterocycles. The summed E-state index contributed by atoms with van der Waals surface area (Å²) >= 11 is 6.04. The molecule has 1 unspecified atom stereocenters. The average Bonchev–Trinajstić information content (AvgIpc) is 2.26. The number of hydrogen-bond donors (Lipinski definition) is 3.